The molecular weight excluding hydrogens is 292 g/mol. The zero-order valence-electron chi connectivity index (χ0n) is 11.9. The molecule has 2 rings (SSSR count). The van der Waals surface area contributed by atoms with Crippen molar-refractivity contribution in [3.63, 3.8) is 0 Å². The van der Waals surface area contributed by atoms with Gasteiger partial charge in [-0.15, -0.1) is 0 Å². The Labute approximate surface area is 127 Å². The summed E-state index contributed by atoms with van der Waals surface area (Å²) in [6.07, 6.45) is -2.22. The van der Waals surface area contributed by atoms with Crippen molar-refractivity contribution in [2.24, 2.45) is 0 Å². The Morgan fingerprint density at radius 2 is 2.09 bits per heavy atom. The van der Waals surface area contributed by atoms with Crippen LogP contribution in [0.15, 0.2) is 24.3 Å². The van der Waals surface area contributed by atoms with Gasteiger partial charge in [-0.2, -0.15) is 0 Å². The van der Waals surface area contributed by atoms with Gasteiger partial charge in [0.2, 0.25) is 0 Å². The molecule has 0 spiro atoms. The van der Waals surface area contributed by atoms with E-state index in [-0.39, 0.29) is 11.5 Å². The van der Waals surface area contributed by atoms with Gasteiger partial charge in [0.05, 0.1) is 13.7 Å². The highest BCUT2D eigenvalue weighted by molar-refractivity contribution is 5.97. The van der Waals surface area contributed by atoms with Crippen molar-refractivity contribution in [3.05, 3.63) is 29.8 Å². The number of phenolic OH excluding ortho intramolecular Hbond substituents is 1. The molecule has 0 bridgehead atoms. The standard InChI is InChI=1S/C15H18O7/c1-21-11-6-8(2-4-9(11)17)3-5-10(18)15-14(20)13(19)12(7-16)22-15/h2-6,12-17,19-20H,7H2,1H3/t12-,13-,14+,15?/m1/s1. The molecule has 4 N–H and O–H groups in total. The molecule has 1 heterocycles. The van der Waals surface area contributed by atoms with Crippen LogP contribution < -0.4 is 4.74 Å². The van der Waals surface area contributed by atoms with Crippen LogP contribution in [0.5, 0.6) is 11.5 Å². The molecule has 1 saturated heterocycles. The molecule has 1 fully saturated rings. The number of aliphatic hydroxyl groups is 3. The highest BCUT2D eigenvalue weighted by atomic mass is 16.6. The highest BCUT2D eigenvalue weighted by Crippen LogP contribution is 2.27. The molecule has 0 radical (unpaired) electrons. The van der Waals surface area contributed by atoms with E-state index in [0.717, 1.165) is 0 Å². The molecule has 0 aliphatic carbocycles. The SMILES string of the molecule is COc1cc(C=CC(=O)C2O[C@H](CO)[C@@H](O)[C@@H]2O)ccc1O. The Morgan fingerprint density at radius 1 is 1.36 bits per heavy atom. The molecule has 120 valence electrons. The van der Waals surface area contributed by atoms with E-state index < -0.39 is 36.8 Å². The van der Waals surface area contributed by atoms with Gasteiger partial charge in [0.1, 0.15) is 24.4 Å². The van der Waals surface area contributed by atoms with Gasteiger partial charge in [-0.05, 0) is 23.8 Å². The van der Waals surface area contributed by atoms with E-state index in [1.807, 2.05) is 0 Å². The number of hydrogen-bond acceptors (Lipinski definition) is 7. The zero-order chi connectivity index (χ0) is 16.3. The fourth-order valence-corrected chi connectivity index (χ4v) is 2.21. The second-order valence-corrected chi connectivity index (χ2v) is 4.93. The van der Waals surface area contributed by atoms with Crippen molar-refractivity contribution in [1.29, 1.82) is 0 Å². The fourth-order valence-electron chi connectivity index (χ4n) is 2.21. The minimum Gasteiger partial charge on any atom is -0.504 e. The number of aliphatic hydroxyl groups excluding tert-OH is 3. The van der Waals surface area contributed by atoms with Crippen LogP contribution >= 0.6 is 0 Å². The number of methoxy groups -OCH3 is 1. The number of carbonyl (C=O) groups is 1. The Bertz CT molecular complexity index is 569. The number of phenols is 1. The molecule has 1 unspecified atom stereocenters. The largest absolute Gasteiger partial charge is 0.504 e. The molecule has 4 atom stereocenters. The second-order valence-electron chi connectivity index (χ2n) is 4.93. The number of rotatable bonds is 5. The average Bonchev–Trinajstić information content (AvgIpc) is 2.81. The van der Waals surface area contributed by atoms with Crippen molar-refractivity contribution in [1.82, 2.24) is 0 Å². The first-order valence-electron chi connectivity index (χ1n) is 6.69. The molecule has 7 heteroatoms. The zero-order valence-corrected chi connectivity index (χ0v) is 11.9. The van der Waals surface area contributed by atoms with E-state index in [0.29, 0.717) is 5.56 Å². The smallest absolute Gasteiger partial charge is 0.187 e. The Morgan fingerprint density at radius 3 is 2.68 bits per heavy atom. The summed E-state index contributed by atoms with van der Waals surface area (Å²) in [7, 11) is 1.41. The van der Waals surface area contributed by atoms with Crippen LogP contribution in [-0.4, -0.2) is 64.3 Å². The van der Waals surface area contributed by atoms with Crippen LogP contribution in [0, 0.1) is 0 Å². The summed E-state index contributed by atoms with van der Waals surface area (Å²) >= 11 is 0. The van der Waals surface area contributed by atoms with Crippen LogP contribution in [0.3, 0.4) is 0 Å². The van der Waals surface area contributed by atoms with Gasteiger partial charge < -0.3 is 29.9 Å². The number of hydrogen-bond donors (Lipinski definition) is 4. The summed E-state index contributed by atoms with van der Waals surface area (Å²) in [5.74, 6) is -0.286. The minimum absolute atomic E-state index is 0.0190. The summed E-state index contributed by atoms with van der Waals surface area (Å²) in [6.45, 7) is -0.485. The first-order valence-corrected chi connectivity index (χ1v) is 6.69. The third kappa shape index (κ3) is 3.28. The number of aromatic hydroxyl groups is 1. The molecule has 22 heavy (non-hydrogen) atoms. The van der Waals surface area contributed by atoms with E-state index in [2.05, 4.69) is 0 Å². The maximum absolute atomic E-state index is 12.0. The molecular formula is C15H18O7. The average molecular weight is 310 g/mol. The lowest BCUT2D eigenvalue weighted by atomic mass is 10.0. The summed E-state index contributed by atoms with van der Waals surface area (Å²) in [6, 6.07) is 4.55. The van der Waals surface area contributed by atoms with E-state index in [4.69, 9.17) is 14.6 Å². The lowest BCUT2D eigenvalue weighted by molar-refractivity contribution is -0.129. The number of ketones is 1. The monoisotopic (exact) mass is 310 g/mol. The Hall–Kier alpha value is -1.93. The predicted molar refractivity (Wildman–Crippen MR) is 76.5 cm³/mol. The van der Waals surface area contributed by atoms with Gasteiger partial charge in [-0.3, -0.25) is 4.79 Å². The van der Waals surface area contributed by atoms with Gasteiger partial charge in [0, 0.05) is 0 Å². The first-order chi connectivity index (χ1) is 10.5. The van der Waals surface area contributed by atoms with Crippen molar-refractivity contribution < 1.29 is 34.7 Å². The Kier molecular flexibility index (Phi) is 5.15. The van der Waals surface area contributed by atoms with Crippen molar-refractivity contribution in [2.75, 3.05) is 13.7 Å². The van der Waals surface area contributed by atoms with Gasteiger partial charge in [-0.25, -0.2) is 0 Å². The lowest BCUT2D eigenvalue weighted by Gasteiger charge is -2.11. The topological polar surface area (TPSA) is 116 Å². The van der Waals surface area contributed by atoms with Crippen molar-refractivity contribution in [2.45, 2.75) is 24.4 Å². The van der Waals surface area contributed by atoms with Crippen LogP contribution in [0.25, 0.3) is 6.08 Å². The maximum atomic E-state index is 12.0. The summed E-state index contributed by atoms with van der Waals surface area (Å²) in [5, 5.41) is 37.8. The molecule has 0 saturated carbocycles. The van der Waals surface area contributed by atoms with Crippen LogP contribution in [0.1, 0.15) is 5.56 Å². The Balaban J connectivity index is 2.09. The quantitative estimate of drug-likeness (QED) is 0.540. The van der Waals surface area contributed by atoms with Gasteiger partial charge >= 0.3 is 0 Å². The molecule has 1 aliphatic rings. The molecule has 7 nitrogen and oxygen atoms in total. The number of benzene rings is 1. The molecule has 1 aliphatic heterocycles. The van der Waals surface area contributed by atoms with Crippen LogP contribution in [-0.2, 0) is 9.53 Å². The lowest BCUT2D eigenvalue weighted by Crippen LogP contribution is -2.36. The minimum atomic E-state index is -1.39. The van der Waals surface area contributed by atoms with Crippen LogP contribution in [0.4, 0.5) is 0 Å². The normalized spacial score (nSPS) is 28.2. The van der Waals surface area contributed by atoms with E-state index in [1.165, 1.54) is 31.4 Å². The molecule has 0 aromatic heterocycles. The second kappa shape index (κ2) is 6.89. The van der Waals surface area contributed by atoms with Gasteiger partial charge in [-0.1, -0.05) is 12.1 Å². The first kappa shape index (κ1) is 16.4. The molecule has 1 aromatic carbocycles. The molecule has 1 aromatic rings. The van der Waals surface area contributed by atoms with Crippen molar-refractivity contribution >= 4 is 11.9 Å². The van der Waals surface area contributed by atoms with Gasteiger partial charge in [0.25, 0.3) is 0 Å². The van der Waals surface area contributed by atoms with E-state index in [1.54, 1.807) is 6.07 Å². The number of ether oxygens (including phenoxy) is 2. The van der Waals surface area contributed by atoms with Gasteiger partial charge in [0.15, 0.2) is 17.3 Å². The third-order valence-electron chi connectivity index (χ3n) is 3.47. The van der Waals surface area contributed by atoms with E-state index in [9.17, 15) is 20.1 Å². The molecule has 0 amide bonds. The number of carbonyl (C=O) groups excluding carboxylic acids is 1. The third-order valence-corrected chi connectivity index (χ3v) is 3.47. The fraction of sp³-hybridized carbons (Fsp3) is 0.400. The highest BCUT2D eigenvalue weighted by Gasteiger charge is 2.44. The van der Waals surface area contributed by atoms with Crippen LogP contribution in [0.2, 0.25) is 0 Å². The van der Waals surface area contributed by atoms with E-state index >= 15 is 0 Å². The maximum Gasteiger partial charge on any atom is 0.187 e. The van der Waals surface area contributed by atoms with Crippen molar-refractivity contribution in [3.8, 4) is 11.5 Å². The predicted octanol–water partition coefficient (Wildman–Crippen LogP) is -0.535. The summed E-state index contributed by atoms with van der Waals surface area (Å²) in [5.41, 5.74) is 0.606. The summed E-state index contributed by atoms with van der Waals surface area (Å²) < 4.78 is 10.1. The summed E-state index contributed by atoms with van der Waals surface area (Å²) in [4.78, 5) is 12.0.